The van der Waals surface area contributed by atoms with Crippen molar-refractivity contribution in [3.8, 4) is 0 Å². The predicted molar refractivity (Wildman–Crippen MR) is 78.5 cm³/mol. The molecule has 1 unspecified atom stereocenters. The highest BCUT2D eigenvalue weighted by Crippen LogP contribution is 2.68. The Bertz CT molecular complexity index is 443. The van der Waals surface area contributed by atoms with Gasteiger partial charge in [-0.1, -0.05) is 27.7 Å². The van der Waals surface area contributed by atoms with Crippen molar-refractivity contribution in [1.29, 1.82) is 0 Å². The molecule has 0 aliphatic heterocycles. The van der Waals surface area contributed by atoms with Gasteiger partial charge in [0, 0.05) is 25.9 Å². The molecule has 0 bridgehead atoms. The maximum atomic E-state index is 12.7. The molecule has 0 spiro atoms. The first kappa shape index (κ1) is 17.5. The maximum absolute atomic E-state index is 12.7. The third-order valence-electron chi connectivity index (χ3n) is 5.10. The standard InChI is InChI=1S/C15H26N2O4/c1-9(13(20)21)17(8-7-16-10(2)18)12(19)11-14(3,4)15(11,5)6/h9,11H,7-8H2,1-6H3,(H,16,18)(H,20,21). The van der Waals surface area contributed by atoms with Crippen molar-refractivity contribution in [1.82, 2.24) is 10.2 Å². The van der Waals surface area contributed by atoms with Gasteiger partial charge in [-0.2, -0.15) is 0 Å². The summed E-state index contributed by atoms with van der Waals surface area (Å²) < 4.78 is 0. The molecule has 0 heterocycles. The van der Waals surface area contributed by atoms with E-state index < -0.39 is 12.0 Å². The molecule has 120 valence electrons. The van der Waals surface area contributed by atoms with Crippen LogP contribution in [0.25, 0.3) is 0 Å². The van der Waals surface area contributed by atoms with Crippen molar-refractivity contribution < 1.29 is 19.5 Å². The van der Waals surface area contributed by atoms with Crippen LogP contribution in [0.3, 0.4) is 0 Å². The van der Waals surface area contributed by atoms with Crippen LogP contribution >= 0.6 is 0 Å². The van der Waals surface area contributed by atoms with Crippen LogP contribution in [-0.4, -0.2) is 46.9 Å². The molecule has 1 saturated carbocycles. The monoisotopic (exact) mass is 298 g/mol. The van der Waals surface area contributed by atoms with Crippen LogP contribution in [-0.2, 0) is 14.4 Å². The number of hydrogen-bond donors (Lipinski definition) is 2. The first-order valence-electron chi connectivity index (χ1n) is 7.22. The fraction of sp³-hybridized carbons (Fsp3) is 0.800. The van der Waals surface area contributed by atoms with Crippen molar-refractivity contribution >= 4 is 17.8 Å². The minimum absolute atomic E-state index is 0.144. The number of carboxylic acids is 1. The summed E-state index contributed by atoms with van der Waals surface area (Å²) in [5, 5.41) is 11.8. The summed E-state index contributed by atoms with van der Waals surface area (Å²) in [6.45, 7) is 11.4. The van der Waals surface area contributed by atoms with E-state index in [0.29, 0.717) is 0 Å². The fourth-order valence-electron chi connectivity index (χ4n) is 2.96. The molecule has 0 radical (unpaired) electrons. The highest BCUT2D eigenvalue weighted by molar-refractivity contribution is 5.88. The SMILES string of the molecule is CC(=O)NCCN(C(=O)C1C(C)(C)C1(C)C)C(C)C(=O)O. The summed E-state index contributed by atoms with van der Waals surface area (Å²) in [5.41, 5.74) is -0.289. The molecule has 1 rings (SSSR count). The Morgan fingerprint density at radius 3 is 2.00 bits per heavy atom. The van der Waals surface area contributed by atoms with Gasteiger partial charge in [-0.3, -0.25) is 9.59 Å². The second-order valence-electron chi connectivity index (χ2n) is 6.91. The van der Waals surface area contributed by atoms with Gasteiger partial charge in [-0.05, 0) is 17.8 Å². The normalized spacial score (nSPS) is 20.5. The Labute approximate surface area is 125 Å². The zero-order valence-electron chi connectivity index (χ0n) is 13.7. The highest BCUT2D eigenvalue weighted by Gasteiger charge is 2.69. The molecule has 2 N–H and O–H groups in total. The van der Waals surface area contributed by atoms with Gasteiger partial charge < -0.3 is 15.3 Å². The van der Waals surface area contributed by atoms with E-state index in [9.17, 15) is 19.5 Å². The van der Waals surface area contributed by atoms with E-state index in [-0.39, 0.29) is 41.7 Å². The lowest BCUT2D eigenvalue weighted by Gasteiger charge is -2.27. The Balaban J connectivity index is 2.84. The van der Waals surface area contributed by atoms with Gasteiger partial charge in [0.05, 0.1) is 0 Å². The molecule has 0 aromatic carbocycles. The number of aliphatic carboxylic acids is 1. The average Bonchev–Trinajstić information content (AvgIpc) is 2.73. The first-order valence-corrected chi connectivity index (χ1v) is 7.22. The molecule has 6 heteroatoms. The smallest absolute Gasteiger partial charge is 0.326 e. The number of nitrogens with zero attached hydrogens (tertiary/aromatic N) is 1. The Hall–Kier alpha value is -1.59. The van der Waals surface area contributed by atoms with E-state index in [1.165, 1.54) is 18.7 Å². The van der Waals surface area contributed by atoms with Gasteiger partial charge in [-0.15, -0.1) is 0 Å². The molecular weight excluding hydrogens is 272 g/mol. The summed E-state index contributed by atoms with van der Waals surface area (Å²) in [4.78, 5) is 36.2. The van der Waals surface area contributed by atoms with Crippen molar-refractivity contribution in [2.75, 3.05) is 13.1 Å². The van der Waals surface area contributed by atoms with Gasteiger partial charge >= 0.3 is 5.97 Å². The number of nitrogens with one attached hydrogen (secondary N) is 1. The quantitative estimate of drug-likeness (QED) is 0.769. The van der Waals surface area contributed by atoms with Crippen LogP contribution in [0.15, 0.2) is 0 Å². The van der Waals surface area contributed by atoms with E-state index in [1.54, 1.807) is 0 Å². The Morgan fingerprint density at radius 1 is 1.19 bits per heavy atom. The van der Waals surface area contributed by atoms with E-state index in [0.717, 1.165) is 0 Å². The minimum atomic E-state index is -1.04. The average molecular weight is 298 g/mol. The molecule has 1 fully saturated rings. The Kier molecular flexibility index (Phi) is 4.70. The van der Waals surface area contributed by atoms with Gasteiger partial charge in [0.25, 0.3) is 0 Å². The molecule has 2 amide bonds. The number of amides is 2. The van der Waals surface area contributed by atoms with Gasteiger partial charge in [0.1, 0.15) is 6.04 Å². The van der Waals surface area contributed by atoms with E-state index in [4.69, 9.17) is 0 Å². The lowest BCUT2D eigenvalue weighted by atomic mass is 10.0. The number of rotatable bonds is 6. The number of carbonyl (C=O) groups excluding carboxylic acids is 2. The summed E-state index contributed by atoms with van der Waals surface area (Å²) >= 11 is 0. The molecule has 1 aliphatic rings. The van der Waals surface area contributed by atoms with Gasteiger partial charge in [0.2, 0.25) is 11.8 Å². The second kappa shape index (κ2) is 5.66. The van der Waals surface area contributed by atoms with Crippen LogP contribution in [0.5, 0.6) is 0 Å². The number of carboxylic acid groups (broad SMARTS) is 1. The first-order chi connectivity index (χ1) is 9.44. The molecule has 0 aromatic rings. The van der Waals surface area contributed by atoms with Crippen LogP contribution in [0, 0.1) is 16.7 Å². The van der Waals surface area contributed by atoms with Crippen LogP contribution in [0.4, 0.5) is 0 Å². The zero-order valence-corrected chi connectivity index (χ0v) is 13.7. The van der Waals surface area contributed by atoms with Crippen LogP contribution in [0.2, 0.25) is 0 Å². The molecule has 0 aromatic heterocycles. The summed E-state index contributed by atoms with van der Waals surface area (Å²) in [5.74, 6) is -1.57. The zero-order chi connectivity index (χ0) is 16.6. The van der Waals surface area contributed by atoms with Crippen molar-refractivity contribution in [3.63, 3.8) is 0 Å². The highest BCUT2D eigenvalue weighted by atomic mass is 16.4. The van der Waals surface area contributed by atoms with Crippen molar-refractivity contribution in [2.45, 2.75) is 47.6 Å². The molecule has 1 atom stereocenters. The minimum Gasteiger partial charge on any atom is -0.480 e. The predicted octanol–water partition coefficient (Wildman–Crippen LogP) is 1.11. The van der Waals surface area contributed by atoms with Gasteiger partial charge in [0.15, 0.2) is 0 Å². The van der Waals surface area contributed by atoms with E-state index in [2.05, 4.69) is 5.32 Å². The van der Waals surface area contributed by atoms with Crippen LogP contribution < -0.4 is 5.32 Å². The van der Waals surface area contributed by atoms with E-state index in [1.807, 2.05) is 27.7 Å². The van der Waals surface area contributed by atoms with Crippen molar-refractivity contribution in [3.05, 3.63) is 0 Å². The fourth-order valence-corrected chi connectivity index (χ4v) is 2.96. The second-order valence-corrected chi connectivity index (χ2v) is 6.91. The number of hydrogen-bond acceptors (Lipinski definition) is 3. The van der Waals surface area contributed by atoms with E-state index >= 15 is 0 Å². The molecule has 21 heavy (non-hydrogen) atoms. The largest absolute Gasteiger partial charge is 0.480 e. The summed E-state index contributed by atoms with van der Waals surface area (Å²) in [7, 11) is 0. The topological polar surface area (TPSA) is 86.7 Å². The lowest BCUT2D eigenvalue weighted by molar-refractivity contribution is -0.150. The van der Waals surface area contributed by atoms with Crippen molar-refractivity contribution in [2.24, 2.45) is 16.7 Å². The van der Waals surface area contributed by atoms with Gasteiger partial charge in [-0.25, -0.2) is 4.79 Å². The molecule has 6 nitrogen and oxygen atoms in total. The summed E-state index contributed by atoms with van der Waals surface area (Å²) in [6.07, 6.45) is 0. The molecule has 0 saturated heterocycles. The molecular formula is C15H26N2O4. The number of carbonyl (C=O) groups is 3. The lowest BCUT2D eigenvalue weighted by Crippen LogP contribution is -2.48. The molecule has 1 aliphatic carbocycles. The summed E-state index contributed by atoms with van der Waals surface area (Å²) in [6, 6.07) is -0.904. The third kappa shape index (κ3) is 3.19. The Morgan fingerprint density at radius 2 is 1.67 bits per heavy atom. The maximum Gasteiger partial charge on any atom is 0.326 e. The van der Waals surface area contributed by atoms with Crippen LogP contribution in [0.1, 0.15) is 41.5 Å². The third-order valence-corrected chi connectivity index (χ3v) is 5.10.